The molecule has 6 nitrogen and oxygen atoms in total. The Balaban J connectivity index is 2.57. The maximum absolute atomic E-state index is 11.9. The summed E-state index contributed by atoms with van der Waals surface area (Å²) in [5.41, 5.74) is 0.412. The van der Waals surface area contributed by atoms with Crippen molar-refractivity contribution in [2.75, 3.05) is 19.6 Å². The average Bonchev–Trinajstić information content (AvgIpc) is 2.42. The quantitative estimate of drug-likeness (QED) is 0.778. The Morgan fingerprint density at radius 1 is 1.29 bits per heavy atom. The van der Waals surface area contributed by atoms with Crippen molar-refractivity contribution in [3.63, 3.8) is 0 Å². The number of nitrogens with two attached hydrogens (primary N) is 1. The molecule has 0 radical (unpaired) electrons. The highest BCUT2D eigenvalue weighted by atomic mass is 32.2. The lowest BCUT2D eigenvalue weighted by Gasteiger charge is -2.24. The predicted octanol–water partition coefficient (Wildman–Crippen LogP) is 0.794. The van der Waals surface area contributed by atoms with Gasteiger partial charge in [0, 0.05) is 24.7 Å². The number of sulfonamides is 1. The van der Waals surface area contributed by atoms with Crippen molar-refractivity contribution >= 4 is 15.9 Å². The molecule has 118 valence electrons. The standard InChI is InChI=1S/C14H23N3O3S/c1-4-17(11(2)3)10-9-16-14(18)12-5-7-13(8-6-12)21(15,19)20/h5-8,11H,4,9-10H2,1-3H3,(H,16,18)(H2,15,19,20). The van der Waals surface area contributed by atoms with Gasteiger partial charge in [-0.3, -0.25) is 9.69 Å². The fourth-order valence-electron chi connectivity index (χ4n) is 1.99. The Bertz CT molecular complexity index is 568. The monoisotopic (exact) mass is 313 g/mol. The summed E-state index contributed by atoms with van der Waals surface area (Å²) in [7, 11) is -3.72. The van der Waals surface area contributed by atoms with Crippen LogP contribution in [0.2, 0.25) is 0 Å². The Kier molecular flexibility index (Phi) is 6.32. The lowest BCUT2D eigenvalue weighted by Crippen LogP contribution is -2.38. The number of benzene rings is 1. The third kappa shape index (κ3) is 5.45. The van der Waals surface area contributed by atoms with Crippen molar-refractivity contribution in [2.24, 2.45) is 5.14 Å². The van der Waals surface area contributed by atoms with Gasteiger partial charge in [-0.05, 0) is 44.7 Å². The number of carbonyl (C=O) groups is 1. The largest absolute Gasteiger partial charge is 0.351 e. The molecule has 0 fully saturated rings. The van der Waals surface area contributed by atoms with E-state index in [1.54, 1.807) is 0 Å². The summed E-state index contributed by atoms with van der Waals surface area (Å²) in [4.78, 5) is 14.2. The number of primary sulfonamides is 1. The van der Waals surface area contributed by atoms with Gasteiger partial charge in [0.1, 0.15) is 0 Å². The highest BCUT2D eigenvalue weighted by molar-refractivity contribution is 7.89. The molecule has 0 unspecified atom stereocenters. The molecule has 0 saturated heterocycles. The van der Waals surface area contributed by atoms with Crippen molar-refractivity contribution in [1.82, 2.24) is 10.2 Å². The molecule has 0 saturated carbocycles. The fourth-order valence-corrected chi connectivity index (χ4v) is 2.51. The molecule has 7 heteroatoms. The number of hydrogen-bond acceptors (Lipinski definition) is 4. The molecule has 1 rings (SSSR count). The number of rotatable bonds is 7. The Hall–Kier alpha value is -1.44. The van der Waals surface area contributed by atoms with E-state index in [2.05, 4.69) is 31.0 Å². The van der Waals surface area contributed by atoms with Crippen molar-refractivity contribution in [3.05, 3.63) is 29.8 Å². The zero-order valence-corrected chi connectivity index (χ0v) is 13.5. The number of nitrogens with one attached hydrogen (secondary N) is 1. The third-order valence-corrected chi connectivity index (χ3v) is 4.20. The lowest BCUT2D eigenvalue weighted by molar-refractivity contribution is 0.0946. The van der Waals surface area contributed by atoms with Gasteiger partial charge in [-0.2, -0.15) is 0 Å². The van der Waals surface area contributed by atoms with E-state index >= 15 is 0 Å². The molecule has 0 aromatic heterocycles. The average molecular weight is 313 g/mol. The van der Waals surface area contributed by atoms with Gasteiger partial charge in [-0.15, -0.1) is 0 Å². The van der Waals surface area contributed by atoms with Crippen molar-refractivity contribution < 1.29 is 13.2 Å². The minimum atomic E-state index is -3.72. The molecule has 0 atom stereocenters. The number of amides is 1. The first-order chi connectivity index (χ1) is 9.75. The summed E-state index contributed by atoms with van der Waals surface area (Å²) in [6, 6.07) is 6.00. The molecule has 0 bridgehead atoms. The smallest absolute Gasteiger partial charge is 0.251 e. The maximum atomic E-state index is 11.9. The summed E-state index contributed by atoms with van der Waals surface area (Å²) < 4.78 is 22.3. The van der Waals surface area contributed by atoms with Crippen molar-refractivity contribution in [3.8, 4) is 0 Å². The molecule has 21 heavy (non-hydrogen) atoms. The van der Waals surface area contributed by atoms with E-state index in [-0.39, 0.29) is 10.8 Å². The molecule has 0 aliphatic rings. The van der Waals surface area contributed by atoms with Crippen LogP contribution in [0.15, 0.2) is 29.2 Å². The third-order valence-electron chi connectivity index (χ3n) is 3.27. The Labute approximate surface area is 126 Å². The normalized spacial score (nSPS) is 11.9. The van der Waals surface area contributed by atoms with E-state index in [0.717, 1.165) is 13.1 Å². The molecular weight excluding hydrogens is 290 g/mol. The summed E-state index contributed by atoms with van der Waals surface area (Å²) >= 11 is 0. The predicted molar refractivity (Wildman–Crippen MR) is 82.5 cm³/mol. The molecule has 0 aliphatic carbocycles. The van der Waals surface area contributed by atoms with Crippen LogP contribution in [0.5, 0.6) is 0 Å². The van der Waals surface area contributed by atoms with Gasteiger partial charge in [0.05, 0.1) is 4.90 Å². The summed E-state index contributed by atoms with van der Waals surface area (Å²) in [5.74, 6) is -0.226. The van der Waals surface area contributed by atoms with E-state index in [1.807, 2.05) is 0 Å². The van der Waals surface area contributed by atoms with Crippen LogP contribution in [-0.4, -0.2) is 44.9 Å². The topological polar surface area (TPSA) is 92.5 Å². The summed E-state index contributed by atoms with van der Waals surface area (Å²) in [6.45, 7) is 8.54. The SMILES string of the molecule is CCN(CCNC(=O)c1ccc(S(N)(=O)=O)cc1)C(C)C. The van der Waals surface area contributed by atoms with E-state index in [9.17, 15) is 13.2 Å². The van der Waals surface area contributed by atoms with Crippen molar-refractivity contribution in [1.29, 1.82) is 0 Å². The van der Waals surface area contributed by atoms with Crippen LogP contribution in [0.25, 0.3) is 0 Å². The van der Waals surface area contributed by atoms with Gasteiger partial charge >= 0.3 is 0 Å². The van der Waals surface area contributed by atoms with Crippen LogP contribution in [0.1, 0.15) is 31.1 Å². The summed E-state index contributed by atoms with van der Waals surface area (Å²) in [5, 5.41) is 7.82. The van der Waals surface area contributed by atoms with Crippen LogP contribution in [0.4, 0.5) is 0 Å². The van der Waals surface area contributed by atoms with Gasteiger partial charge < -0.3 is 5.32 Å². The van der Waals surface area contributed by atoms with Gasteiger partial charge in [-0.1, -0.05) is 6.92 Å². The van der Waals surface area contributed by atoms with E-state index in [1.165, 1.54) is 24.3 Å². The number of hydrogen-bond donors (Lipinski definition) is 2. The lowest BCUT2D eigenvalue weighted by atomic mass is 10.2. The molecule has 0 spiro atoms. The number of nitrogens with zero attached hydrogens (tertiary/aromatic N) is 1. The maximum Gasteiger partial charge on any atom is 0.251 e. The van der Waals surface area contributed by atoms with E-state index < -0.39 is 10.0 Å². The first-order valence-corrected chi connectivity index (χ1v) is 8.45. The molecule has 3 N–H and O–H groups in total. The molecule has 1 amide bonds. The summed E-state index contributed by atoms with van der Waals surface area (Å²) in [6.07, 6.45) is 0. The van der Waals surface area contributed by atoms with Gasteiger partial charge in [0.25, 0.3) is 5.91 Å². The van der Waals surface area contributed by atoms with Gasteiger partial charge in [-0.25, -0.2) is 13.6 Å². The van der Waals surface area contributed by atoms with E-state index in [4.69, 9.17) is 5.14 Å². The van der Waals surface area contributed by atoms with Crippen LogP contribution < -0.4 is 10.5 Å². The minimum absolute atomic E-state index is 0.00369. The van der Waals surface area contributed by atoms with Crippen molar-refractivity contribution in [2.45, 2.75) is 31.7 Å². The number of carbonyl (C=O) groups excluding carboxylic acids is 1. The second-order valence-electron chi connectivity index (χ2n) is 5.05. The highest BCUT2D eigenvalue weighted by Gasteiger charge is 2.11. The van der Waals surface area contributed by atoms with Crippen LogP contribution in [0.3, 0.4) is 0 Å². The van der Waals surface area contributed by atoms with Crippen LogP contribution >= 0.6 is 0 Å². The second kappa shape index (κ2) is 7.53. The van der Waals surface area contributed by atoms with Gasteiger partial charge in [0.2, 0.25) is 10.0 Å². The first-order valence-electron chi connectivity index (χ1n) is 6.90. The minimum Gasteiger partial charge on any atom is -0.351 e. The highest BCUT2D eigenvalue weighted by Crippen LogP contribution is 2.08. The molecule has 1 aromatic rings. The Morgan fingerprint density at radius 2 is 1.86 bits per heavy atom. The van der Waals surface area contributed by atoms with E-state index in [0.29, 0.717) is 18.2 Å². The van der Waals surface area contributed by atoms with Gasteiger partial charge in [0.15, 0.2) is 0 Å². The Morgan fingerprint density at radius 3 is 2.29 bits per heavy atom. The molecule has 0 aliphatic heterocycles. The first kappa shape index (κ1) is 17.6. The fraction of sp³-hybridized carbons (Fsp3) is 0.500. The van der Waals surface area contributed by atoms with Crippen LogP contribution in [0, 0.1) is 0 Å². The van der Waals surface area contributed by atoms with Crippen LogP contribution in [-0.2, 0) is 10.0 Å². The molecule has 0 heterocycles. The zero-order chi connectivity index (χ0) is 16.0. The number of likely N-dealkylation sites (N-methyl/N-ethyl adjacent to an activating group) is 1. The molecular formula is C14H23N3O3S. The zero-order valence-electron chi connectivity index (χ0n) is 12.7. The molecule has 1 aromatic carbocycles. The second-order valence-corrected chi connectivity index (χ2v) is 6.61.